The van der Waals surface area contributed by atoms with Crippen molar-refractivity contribution in [3.05, 3.63) is 89.5 Å². The second-order valence-electron chi connectivity index (χ2n) is 8.75. The number of carbonyl (C=O) groups is 2. The van der Waals surface area contributed by atoms with E-state index in [1.165, 1.54) is 6.07 Å². The van der Waals surface area contributed by atoms with E-state index in [4.69, 9.17) is 0 Å². The molecule has 0 atom stereocenters. The molecule has 0 aliphatic heterocycles. The molecule has 4 rings (SSSR count). The monoisotopic (exact) mass is 465 g/mol. The Morgan fingerprint density at radius 2 is 1.50 bits per heavy atom. The van der Waals surface area contributed by atoms with Crippen molar-refractivity contribution in [2.75, 3.05) is 5.32 Å². The highest BCUT2D eigenvalue weighted by Gasteiger charge is 2.30. The number of hydrogen-bond donors (Lipinski definition) is 1. The van der Waals surface area contributed by atoms with Crippen LogP contribution in [0.4, 0.5) is 18.9 Å². The standard InChI is InChI=1S/C28H26F3NO2/c29-28(30,31)23-13-7-12-22(18-23)21-11-6-8-19(16-21)17-26(33)24-14-4-5-15-25(24)32-27(34)20-9-2-1-3-10-20/h4-8,11-16,18,20H,1-3,9-10,17H2,(H,32,34). The number of ketones is 1. The Bertz CT molecular complexity index is 1180. The fraction of sp³-hybridized carbons (Fsp3) is 0.286. The third kappa shape index (κ3) is 5.74. The van der Waals surface area contributed by atoms with Gasteiger partial charge in [-0.15, -0.1) is 0 Å². The van der Waals surface area contributed by atoms with Crippen LogP contribution in [0.2, 0.25) is 0 Å². The molecular weight excluding hydrogens is 439 g/mol. The van der Waals surface area contributed by atoms with E-state index in [2.05, 4.69) is 5.32 Å². The molecule has 0 saturated heterocycles. The van der Waals surface area contributed by atoms with Gasteiger partial charge in [0, 0.05) is 17.9 Å². The highest BCUT2D eigenvalue weighted by Crippen LogP contribution is 2.32. The first kappa shape index (κ1) is 23.7. The lowest BCUT2D eigenvalue weighted by atomic mass is 9.88. The highest BCUT2D eigenvalue weighted by molar-refractivity contribution is 6.06. The molecule has 3 nitrogen and oxygen atoms in total. The van der Waals surface area contributed by atoms with E-state index in [1.807, 2.05) is 0 Å². The SMILES string of the molecule is O=C(Cc1cccc(-c2cccc(C(F)(F)F)c2)c1)c1ccccc1NC(=O)C1CCCCC1. The Kier molecular flexibility index (Phi) is 7.15. The molecule has 1 N–H and O–H groups in total. The Morgan fingerprint density at radius 3 is 2.24 bits per heavy atom. The van der Waals surface area contributed by atoms with Gasteiger partial charge in [-0.3, -0.25) is 9.59 Å². The third-order valence-corrected chi connectivity index (χ3v) is 6.28. The summed E-state index contributed by atoms with van der Waals surface area (Å²) in [6, 6.07) is 19.1. The molecule has 0 aromatic heterocycles. The van der Waals surface area contributed by atoms with Gasteiger partial charge in [-0.25, -0.2) is 0 Å². The summed E-state index contributed by atoms with van der Waals surface area (Å²) in [5.74, 6) is -0.242. The molecule has 1 amide bonds. The quantitative estimate of drug-likeness (QED) is 0.388. The van der Waals surface area contributed by atoms with Crippen molar-refractivity contribution in [2.24, 2.45) is 5.92 Å². The number of benzene rings is 3. The number of amides is 1. The lowest BCUT2D eigenvalue weighted by Crippen LogP contribution is -2.25. The minimum atomic E-state index is -4.42. The van der Waals surface area contributed by atoms with Gasteiger partial charge in [0.1, 0.15) is 0 Å². The number of hydrogen-bond acceptors (Lipinski definition) is 2. The van der Waals surface area contributed by atoms with Crippen molar-refractivity contribution >= 4 is 17.4 Å². The number of rotatable bonds is 6. The van der Waals surface area contributed by atoms with Crippen LogP contribution in [0.3, 0.4) is 0 Å². The lowest BCUT2D eigenvalue weighted by molar-refractivity contribution is -0.137. The second-order valence-corrected chi connectivity index (χ2v) is 8.75. The van der Waals surface area contributed by atoms with Crippen molar-refractivity contribution in [1.29, 1.82) is 0 Å². The van der Waals surface area contributed by atoms with Crippen molar-refractivity contribution in [1.82, 2.24) is 0 Å². The number of nitrogens with one attached hydrogen (secondary N) is 1. The summed E-state index contributed by atoms with van der Waals surface area (Å²) in [6.45, 7) is 0. The smallest absolute Gasteiger partial charge is 0.325 e. The minimum Gasteiger partial charge on any atom is -0.325 e. The molecule has 3 aromatic carbocycles. The Hall–Kier alpha value is -3.41. The molecule has 1 saturated carbocycles. The topological polar surface area (TPSA) is 46.2 Å². The normalized spacial score (nSPS) is 14.6. The Balaban J connectivity index is 1.51. The molecule has 0 bridgehead atoms. The van der Waals surface area contributed by atoms with Crippen molar-refractivity contribution in [2.45, 2.75) is 44.7 Å². The van der Waals surface area contributed by atoms with Gasteiger partial charge >= 0.3 is 6.18 Å². The van der Waals surface area contributed by atoms with Crippen molar-refractivity contribution in [3.8, 4) is 11.1 Å². The molecule has 0 unspecified atom stereocenters. The Labute approximate surface area is 197 Å². The fourth-order valence-electron chi connectivity index (χ4n) is 4.45. The average Bonchev–Trinajstić information content (AvgIpc) is 2.84. The molecule has 0 radical (unpaired) electrons. The van der Waals surface area contributed by atoms with Crippen LogP contribution in [-0.4, -0.2) is 11.7 Å². The summed E-state index contributed by atoms with van der Waals surface area (Å²) in [5.41, 5.74) is 1.94. The van der Waals surface area contributed by atoms with Crippen molar-refractivity contribution < 1.29 is 22.8 Å². The number of anilines is 1. The van der Waals surface area contributed by atoms with E-state index < -0.39 is 11.7 Å². The zero-order valence-electron chi connectivity index (χ0n) is 18.7. The van der Waals surface area contributed by atoms with Gasteiger partial charge in [-0.05, 0) is 53.8 Å². The summed E-state index contributed by atoms with van der Waals surface area (Å²) in [4.78, 5) is 25.8. The van der Waals surface area contributed by atoms with Gasteiger partial charge in [0.15, 0.2) is 5.78 Å². The molecule has 34 heavy (non-hydrogen) atoms. The molecular formula is C28H26F3NO2. The maximum Gasteiger partial charge on any atom is 0.416 e. The second kappa shape index (κ2) is 10.2. The van der Waals surface area contributed by atoms with Crippen molar-refractivity contribution in [3.63, 3.8) is 0 Å². The molecule has 0 spiro atoms. The maximum absolute atomic E-state index is 13.1. The Morgan fingerprint density at radius 1 is 0.824 bits per heavy atom. The van der Waals surface area contributed by atoms with Crippen LogP contribution in [0.15, 0.2) is 72.8 Å². The summed E-state index contributed by atoms with van der Waals surface area (Å²) >= 11 is 0. The van der Waals surface area contributed by atoms with Gasteiger partial charge in [-0.1, -0.05) is 67.8 Å². The molecule has 0 heterocycles. The summed E-state index contributed by atoms with van der Waals surface area (Å²) in [7, 11) is 0. The van der Waals surface area contributed by atoms with Crippen LogP contribution in [0, 0.1) is 5.92 Å². The number of halogens is 3. The van der Waals surface area contributed by atoms with E-state index in [9.17, 15) is 22.8 Å². The van der Waals surface area contributed by atoms with Crippen LogP contribution < -0.4 is 5.32 Å². The van der Waals surface area contributed by atoms with E-state index in [-0.39, 0.29) is 24.0 Å². The zero-order chi connectivity index (χ0) is 24.1. The number of carbonyl (C=O) groups excluding carboxylic acids is 2. The van der Waals surface area contributed by atoms with E-state index in [0.29, 0.717) is 27.9 Å². The average molecular weight is 466 g/mol. The van der Waals surface area contributed by atoms with Gasteiger partial charge < -0.3 is 5.32 Å². The van der Waals surface area contributed by atoms with Crippen LogP contribution in [0.5, 0.6) is 0 Å². The number of alkyl halides is 3. The van der Waals surface area contributed by atoms with Gasteiger partial charge in [0.05, 0.1) is 11.3 Å². The summed E-state index contributed by atoms with van der Waals surface area (Å²) in [5, 5.41) is 2.94. The molecule has 176 valence electrons. The zero-order valence-corrected chi connectivity index (χ0v) is 18.7. The molecule has 1 aliphatic carbocycles. The lowest BCUT2D eigenvalue weighted by Gasteiger charge is -2.21. The molecule has 1 fully saturated rings. The molecule has 3 aromatic rings. The van der Waals surface area contributed by atoms with E-state index >= 15 is 0 Å². The molecule has 1 aliphatic rings. The van der Waals surface area contributed by atoms with Crippen LogP contribution >= 0.6 is 0 Å². The first-order valence-electron chi connectivity index (χ1n) is 11.5. The predicted molar refractivity (Wildman–Crippen MR) is 127 cm³/mol. The molecule has 6 heteroatoms. The van der Waals surface area contributed by atoms with Gasteiger partial charge in [0.2, 0.25) is 5.91 Å². The van der Waals surface area contributed by atoms with Crippen LogP contribution in [0.25, 0.3) is 11.1 Å². The summed E-state index contributed by atoms with van der Waals surface area (Å²) in [6.07, 6.45) is 0.618. The van der Waals surface area contributed by atoms with Gasteiger partial charge in [0.25, 0.3) is 0 Å². The van der Waals surface area contributed by atoms with Gasteiger partial charge in [-0.2, -0.15) is 13.2 Å². The minimum absolute atomic E-state index is 0.0268. The van der Waals surface area contributed by atoms with E-state index in [1.54, 1.807) is 54.6 Å². The fourth-order valence-corrected chi connectivity index (χ4v) is 4.45. The first-order valence-corrected chi connectivity index (χ1v) is 11.5. The number of para-hydroxylation sites is 1. The maximum atomic E-state index is 13.1. The number of Topliss-reactive ketones (excluding diaryl/α,β-unsaturated/α-hetero) is 1. The predicted octanol–water partition coefficient (Wildman–Crippen LogP) is 7.32. The first-order chi connectivity index (χ1) is 16.3. The summed E-state index contributed by atoms with van der Waals surface area (Å²) < 4.78 is 39.3. The van der Waals surface area contributed by atoms with Crippen LogP contribution in [0.1, 0.15) is 53.6 Å². The largest absolute Gasteiger partial charge is 0.416 e. The van der Waals surface area contributed by atoms with E-state index in [0.717, 1.165) is 44.2 Å². The highest BCUT2D eigenvalue weighted by atomic mass is 19.4. The third-order valence-electron chi connectivity index (χ3n) is 6.28. The van der Waals surface area contributed by atoms with Crippen LogP contribution in [-0.2, 0) is 17.4 Å².